The van der Waals surface area contributed by atoms with Gasteiger partial charge in [0.2, 0.25) is 0 Å². The van der Waals surface area contributed by atoms with E-state index < -0.39 is 0 Å². The lowest BCUT2D eigenvalue weighted by molar-refractivity contribution is 0.0935. The maximum atomic E-state index is 13.0. The van der Waals surface area contributed by atoms with Crippen molar-refractivity contribution in [3.63, 3.8) is 0 Å². The van der Waals surface area contributed by atoms with E-state index in [9.17, 15) is 4.79 Å². The molecule has 0 bridgehead atoms. The molecule has 0 saturated carbocycles. The van der Waals surface area contributed by atoms with Crippen LogP contribution in [0.15, 0.2) is 42.9 Å². The van der Waals surface area contributed by atoms with Gasteiger partial charge in [-0.15, -0.1) is 10.2 Å². The first kappa shape index (κ1) is 27.2. The first-order valence-corrected chi connectivity index (χ1v) is 14.2. The van der Waals surface area contributed by atoms with Crippen LogP contribution in [0.4, 0.5) is 5.69 Å². The van der Waals surface area contributed by atoms with Crippen LogP contribution >= 0.6 is 0 Å². The van der Waals surface area contributed by atoms with E-state index >= 15 is 0 Å². The van der Waals surface area contributed by atoms with Gasteiger partial charge >= 0.3 is 0 Å². The minimum absolute atomic E-state index is 0.0303. The van der Waals surface area contributed by atoms with Crippen LogP contribution in [-0.4, -0.2) is 87.9 Å². The number of nitrogens with zero attached hydrogens (tertiary/aromatic N) is 6. The molecule has 11 heteroatoms. The lowest BCUT2D eigenvalue weighted by Gasteiger charge is -2.31. The summed E-state index contributed by atoms with van der Waals surface area (Å²) in [6.07, 6.45) is 5.49. The van der Waals surface area contributed by atoms with Crippen molar-refractivity contribution in [3.05, 3.63) is 54.2 Å². The molecule has 4 heterocycles. The summed E-state index contributed by atoms with van der Waals surface area (Å²) >= 11 is 0. The van der Waals surface area contributed by atoms with Gasteiger partial charge in [-0.25, -0.2) is 9.97 Å². The van der Waals surface area contributed by atoms with Gasteiger partial charge in [-0.05, 0) is 55.6 Å². The number of rotatable bonds is 11. The van der Waals surface area contributed by atoms with Crippen LogP contribution in [0.2, 0.25) is 0 Å². The van der Waals surface area contributed by atoms with Gasteiger partial charge < -0.3 is 25.8 Å². The average molecular weight is 533 g/mol. The summed E-state index contributed by atoms with van der Waals surface area (Å²) in [5.74, 6) is 2.67. The number of nitrogens with one attached hydrogen (secondary N) is 4. The van der Waals surface area contributed by atoms with E-state index in [0.29, 0.717) is 23.9 Å². The van der Waals surface area contributed by atoms with Crippen LogP contribution in [-0.2, 0) is 13.1 Å². The second-order valence-electron chi connectivity index (χ2n) is 10.3. The SMILES string of the molecule is CCC1CNCCC1CNC(=O)c1cccc(NCc2nnc(-c3ccncn3)n2CCN2CCNCC2)c1. The molecule has 208 valence electrons. The van der Waals surface area contributed by atoms with Crippen LogP contribution in [0.3, 0.4) is 0 Å². The summed E-state index contributed by atoms with van der Waals surface area (Å²) in [5, 5.41) is 22.5. The third kappa shape index (κ3) is 7.17. The first-order valence-electron chi connectivity index (χ1n) is 14.2. The number of hydrogen-bond donors (Lipinski definition) is 4. The zero-order valence-corrected chi connectivity index (χ0v) is 22.8. The van der Waals surface area contributed by atoms with E-state index in [2.05, 4.69) is 57.8 Å². The summed E-state index contributed by atoms with van der Waals surface area (Å²) < 4.78 is 2.14. The topological polar surface area (TPSA) is 125 Å². The maximum Gasteiger partial charge on any atom is 0.251 e. The number of anilines is 1. The van der Waals surface area contributed by atoms with Gasteiger partial charge in [0.1, 0.15) is 12.0 Å². The number of carbonyl (C=O) groups is 1. The molecule has 5 rings (SSSR count). The monoisotopic (exact) mass is 532 g/mol. The molecule has 2 saturated heterocycles. The van der Waals surface area contributed by atoms with E-state index in [-0.39, 0.29) is 5.91 Å². The number of piperidine rings is 1. The van der Waals surface area contributed by atoms with Crippen molar-refractivity contribution in [2.45, 2.75) is 32.9 Å². The molecule has 0 radical (unpaired) electrons. The van der Waals surface area contributed by atoms with Gasteiger partial charge in [0.15, 0.2) is 11.6 Å². The Morgan fingerprint density at radius 3 is 2.79 bits per heavy atom. The highest BCUT2D eigenvalue weighted by Gasteiger charge is 2.24. The average Bonchev–Trinajstić information content (AvgIpc) is 3.41. The number of aromatic nitrogens is 5. The molecule has 2 aromatic heterocycles. The number of piperazine rings is 1. The van der Waals surface area contributed by atoms with Gasteiger partial charge in [-0.3, -0.25) is 9.69 Å². The van der Waals surface area contributed by atoms with Gasteiger partial charge in [0.25, 0.3) is 5.91 Å². The molecule has 3 aromatic rings. The minimum Gasteiger partial charge on any atom is -0.378 e. The zero-order valence-electron chi connectivity index (χ0n) is 22.8. The molecule has 1 aromatic carbocycles. The fraction of sp³-hybridized carbons (Fsp3) is 0.536. The molecule has 0 aliphatic carbocycles. The third-order valence-electron chi connectivity index (χ3n) is 7.88. The van der Waals surface area contributed by atoms with Crippen molar-refractivity contribution >= 4 is 11.6 Å². The van der Waals surface area contributed by atoms with Crippen LogP contribution < -0.4 is 21.3 Å². The smallest absolute Gasteiger partial charge is 0.251 e. The summed E-state index contributed by atoms with van der Waals surface area (Å²) in [6, 6.07) is 9.52. The van der Waals surface area contributed by atoms with E-state index in [1.54, 1.807) is 6.20 Å². The van der Waals surface area contributed by atoms with Crippen molar-refractivity contribution in [1.29, 1.82) is 0 Å². The first-order chi connectivity index (χ1) is 19.2. The zero-order chi connectivity index (χ0) is 26.9. The number of hydrogen-bond acceptors (Lipinski definition) is 9. The lowest BCUT2D eigenvalue weighted by Crippen LogP contribution is -2.44. The Morgan fingerprint density at radius 2 is 1.97 bits per heavy atom. The molecule has 39 heavy (non-hydrogen) atoms. The number of amides is 1. The molecule has 2 aliphatic rings. The van der Waals surface area contributed by atoms with Gasteiger partial charge in [0, 0.05) is 63.3 Å². The fourth-order valence-electron chi connectivity index (χ4n) is 5.49. The molecule has 0 spiro atoms. The van der Waals surface area contributed by atoms with Gasteiger partial charge in [-0.1, -0.05) is 19.4 Å². The standard InChI is InChI=1S/C28H40N10O/c1-2-21-17-30-8-6-23(21)18-33-28(39)22-4-3-5-24(16-22)32-19-26-35-36-27(25-7-9-31-20-34-25)38(26)15-14-37-12-10-29-11-13-37/h3-5,7,9,16,20-21,23,29-30,32H,2,6,8,10-15,17-19H2,1H3,(H,33,39). The normalized spacial score (nSPS) is 20.0. The van der Waals surface area contributed by atoms with Crippen molar-refractivity contribution in [1.82, 2.24) is 45.6 Å². The predicted molar refractivity (Wildman–Crippen MR) is 151 cm³/mol. The number of benzene rings is 1. The van der Waals surface area contributed by atoms with Crippen LogP contribution in [0.5, 0.6) is 0 Å². The Hall–Kier alpha value is -3.41. The van der Waals surface area contributed by atoms with Crippen LogP contribution in [0.1, 0.15) is 35.9 Å². The Balaban J connectivity index is 1.23. The highest BCUT2D eigenvalue weighted by Crippen LogP contribution is 2.22. The summed E-state index contributed by atoms with van der Waals surface area (Å²) in [5.41, 5.74) is 2.28. The van der Waals surface area contributed by atoms with Crippen molar-refractivity contribution in [2.24, 2.45) is 11.8 Å². The minimum atomic E-state index is -0.0303. The van der Waals surface area contributed by atoms with E-state index in [1.807, 2.05) is 30.3 Å². The molecular formula is C28H40N10O. The van der Waals surface area contributed by atoms with E-state index in [1.165, 1.54) is 6.33 Å². The third-order valence-corrected chi connectivity index (χ3v) is 7.88. The van der Waals surface area contributed by atoms with E-state index in [0.717, 1.165) is 94.8 Å². The van der Waals surface area contributed by atoms with Crippen molar-refractivity contribution < 1.29 is 4.79 Å². The molecule has 2 aliphatic heterocycles. The molecule has 2 unspecified atom stereocenters. The lowest BCUT2D eigenvalue weighted by atomic mass is 9.84. The van der Waals surface area contributed by atoms with Gasteiger partial charge in [-0.2, -0.15) is 0 Å². The summed E-state index contributed by atoms with van der Waals surface area (Å²) in [6.45, 7) is 11.3. The van der Waals surface area contributed by atoms with Gasteiger partial charge in [0.05, 0.1) is 6.54 Å². The second kappa shape index (κ2) is 13.6. The van der Waals surface area contributed by atoms with Crippen LogP contribution in [0, 0.1) is 11.8 Å². The summed E-state index contributed by atoms with van der Waals surface area (Å²) in [7, 11) is 0. The molecule has 2 fully saturated rings. The summed E-state index contributed by atoms with van der Waals surface area (Å²) in [4.78, 5) is 23.9. The molecule has 2 atom stereocenters. The highest BCUT2D eigenvalue weighted by atomic mass is 16.1. The quantitative estimate of drug-likeness (QED) is 0.292. The highest BCUT2D eigenvalue weighted by molar-refractivity contribution is 5.95. The predicted octanol–water partition coefficient (Wildman–Crippen LogP) is 1.62. The Labute approximate surface area is 230 Å². The van der Waals surface area contributed by atoms with Crippen molar-refractivity contribution in [3.8, 4) is 11.5 Å². The molecule has 11 nitrogen and oxygen atoms in total. The molecular weight excluding hydrogens is 492 g/mol. The second-order valence-corrected chi connectivity index (χ2v) is 10.3. The maximum absolute atomic E-state index is 13.0. The fourth-order valence-corrected chi connectivity index (χ4v) is 5.49. The molecule has 4 N–H and O–H groups in total. The largest absolute Gasteiger partial charge is 0.378 e. The number of carbonyl (C=O) groups excluding carboxylic acids is 1. The Morgan fingerprint density at radius 1 is 1.08 bits per heavy atom. The van der Waals surface area contributed by atoms with Crippen molar-refractivity contribution in [2.75, 3.05) is 57.7 Å². The van der Waals surface area contributed by atoms with E-state index in [4.69, 9.17) is 0 Å². The Bertz CT molecular complexity index is 1190. The molecule has 1 amide bonds. The van der Waals surface area contributed by atoms with Crippen LogP contribution in [0.25, 0.3) is 11.5 Å². The Kier molecular flexibility index (Phi) is 9.47.